The fourth-order valence-electron chi connectivity index (χ4n) is 3.86. The maximum absolute atomic E-state index is 12.6. The molecule has 0 radical (unpaired) electrons. The first kappa shape index (κ1) is 23.9. The molecule has 1 amide bonds. The number of nitrogens with one attached hydrogen (secondary N) is 1. The predicted octanol–water partition coefficient (Wildman–Crippen LogP) is 4.10. The highest BCUT2D eigenvalue weighted by atomic mass is 32.1. The van der Waals surface area contributed by atoms with Gasteiger partial charge in [-0.2, -0.15) is 0 Å². The van der Waals surface area contributed by atoms with Crippen molar-refractivity contribution in [3.05, 3.63) is 65.6 Å². The maximum Gasteiger partial charge on any atom is 0.240 e. The number of anilines is 1. The standard InChI is InChI=1S/C26H30N4O3S/c1-32-21-10-11-22(24(17-21)33-2)23-19-34-26(27-23)28-25(31)18-30-15-13-29(14-16-30)12-6-9-20-7-4-3-5-8-20/h3-11,17,19H,12-16,18H2,1-2H3,(H,27,28,31)/b9-6+. The number of ether oxygens (including phenoxy) is 2. The number of hydrogen-bond acceptors (Lipinski definition) is 7. The summed E-state index contributed by atoms with van der Waals surface area (Å²) in [5.41, 5.74) is 2.84. The molecule has 0 aliphatic carbocycles. The maximum atomic E-state index is 12.6. The van der Waals surface area contributed by atoms with Gasteiger partial charge in [0.25, 0.3) is 0 Å². The molecule has 1 N–H and O–H groups in total. The molecule has 0 bridgehead atoms. The summed E-state index contributed by atoms with van der Waals surface area (Å²) in [6, 6.07) is 15.9. The van der Waals surface area contributed by atoms with Crippen LogP contribution in [0.4, 0.5) is 5.13 Å². The van der Waals surface area contributed by atoms with Crippen LogP contribution < -0.4 is 14.8 Å². The number of carbonyl (C=O) groups is 1. The minimum atomic E-state index is -0.0416. The van der Waals surface area contributed by atoms with Crippen LogP contribution in [-0.2, 0) is 4.79 Å². The van der Waals surface area contributed by atoms with E-state index < -0.39 is 0 Å². The van der Waals surface area contributed by atoms with Gasteiger partial charge in [0.1, 0.15) is 11.5 Å². The van der Waals surface area contributed by atoms with Crippen molar-refractivity contribution in [2.24, 2.45) is 0 Å². The van der Waals surface area contributed by atoms with Crippen LogP contribution in [0.3, 0.4) is 0 Å². The fraction of sp³-hybridized carbons (Fsp3) is 0.308. The van der Waals surface area contributed by atoms with Gasteiger partial charge in [-0.05, 0) is 17.7 Å². The number of aromatic nitrogens is 1. The fourth-order valence-corrected chi connectivity index (χ4v) is 4.59. The van der Waals surface area contributed by atoms with E-state index in [1.54, 1.807) is 14.2 Å². The Morgan fingerprint density at radius 1 is 1.06 bits per heavy atom. The second-order valence-corrected chi connectivity index (χ2v) is 8.90. The normalized spacial score (nSPS) is 14.9. The lowest BCUT2D eigenvalue weighted by molar-refractivity contribution is -0.117. The molecule has 0 saturated carbocycles. The van der Waals surface area contributed by atoms with Gasteiger partial charge in [0.15, 0.2) is 5.13 Å². The van der Waals surface area contributed by atoms with E-state index >= 15 is 0 Å². The molecule has 8 heteroatoms. The van der Waals surface area contributed by atoms with Crippen LogP contribution >= 0.6 is 11.3 Å². The zero-order valence-corrected chi connectivity index (χ0v) is 20.4. The van der Waals surface area contributed by atoms with E-state index in [0.717, 1.165) is 49.7 Å². The first-order valence-corrected chi connectivity index (χ1v) is 12.2. The van der Waals surface area contributed by atoms with Crippen LogP contribution in [0.5, 0.6) is 11.5 Å². The monoisotopic (exact) mass is 478 g/mol. The highest BCUT2D eigenvalue weighted by molar-refractivity contribution is 7.14. The Hall–Kier alpha value is -3.20. The Bertz CT molecular complexity index is 1110. The van der Waals surface area contributed by atoms with E-state index in [0.29, 0.717) is 17.4 Å². The van der Waals surface area contributed by atoms with Gasteiger partial charge < -0.3 is 14.8 Å². The zero-order valence-electron chi connectivity index (χ0n) is 19.6. The van der Waals surface area contributed by atoms with Crippen molar-refractivity contribution in [1.29, 1.82) is 0 Å². The van der Waals surface area contributed by atoms with Crippen LogP contribution in [0, 0.1) is 0 Å². The molecule has 178 valence electrons. The lowest BCUT2D eigenvalue weighted by atomic mass is 10.1. The summed E-state index contributed by atoms with van der Waals surface area (Å²) in [6.07, 6.45) is 4.36. The summed E-state index contributed by atoms with van der Waals surface area (Å²) in [6.45, 7) is 4.94. The van der Waals surface area contributed by atoms with Gasteiger partial charge in [0, 0.05) is 49.7 Å². The summed E-state index contributed by atoms with van der Waals surface area (Å²) < 4.78 is 10.7. The molecular formula is C26H30N4O3S. The highest BCUT2D eigenvalue weighted by Gasteiger charge is 2.19. The molecule has 7 nitrogen and oxygen atoms in total. The average Bonchev–Trinajstić information content (AvgIpc) is 3.33. The largest absolute Gasteiger partial charge is 0.497 e. The third-order valence-electron chi connectivity index (χ3n) is 5.74. The Balaban J connectivity index is 1.24. The van der Waals surface area contributed by atoms with Crippen molar-refractivity contribution >= 4 is 28.5 Å². The van der Waals surface area contributed by atoms with Crippen molar-refractivity contribution in [2.75, 3.05) is 58.8 Å². The molecule has 1 aromatic heterocycles. The smallest absolute Gasteiger partial charge is 0.240 e. The molecule has 1 fully saturated rings. The molecule has 0 spiro atoms. The van der Waals surface area contributed by atoms with E-state index in [9.17, 15) is 4.79 Å². The predicted molar refractivity (Wildman–Crippen MR) is 138 cm³/mol. The van der Waals surface area contributed by atoms with Gasteiger partial charge in [-0.1, -0.05) is 42.5 Å². The number of benzene rings is 2. The van der Waals surface area contributed by atoms with Gasteiger partial charge >= 0.3 is 0 Å². The van der Waals surface area contributed by atoms with Crippen molar-refractivity contribution in [3.8, 4) is 22.8 Å². The molecule has 2 aromatic carbocycles. The number of thiazole rings is 1. The minimum absolute atomic E-state index is 0.0416. The summed E-state index contributed by atoms with van der Waals surface area (Å²) in [7, 11) is 3.24. The second-order valence-electron chi connectivity index (χ2n) is 8.04. The lowest BCUT2D eigenvalue weighted by Gasteiger charge is -2.33. The van der Waals surface area contributed by atoms with E-state index in [-0.39, 0.29) is 5.91 Å². The lowest BCUT2D eigenvalue weighted by Crippen LogP contribution is -2.48. The molecule has 1 aliphatic rings. The van der Waals surface area contributed by atoms with Gasteiger partial charge in [0.2, 0.25) is 5.91 Å². The van der Waals surface area contributed by atoms with Gasteiger partial charge in [0.05, 0.1) is 26.5 Å². The zero-order chi connectivity index (χ0) is 23.8. The van der Waals surface area contributed by atoms with Gasteiger partial charge in [-0.3, -0.25) is 14.6 Å². The summed E-state index contributed by atoms with van der Waals surface area (Å²) >= 11 is 1.41. The number of amides is 1. The molecule has 1 aliphatic heterocycles. The number of rotatable bonds is 9. The number of carbonyl (C=O) groups excluding carboxylic acids is 1. The number of nitrogens with zero attached hydrogens (tertiary/aromatic N) is 3. The summed E-state index contributed by atoms with van der Waals surface area (Å²) in [4.78, 5) is 21.8. The summed E-state index contributed by atoms with van der Waals surface area (Å²) in [5, 5.41) is 5.44. The molecule has 3 aromatic rings. The first-order chi connectivity index (χ1) is 16.6. The van der Waals surface area contributed by atoms with Crippen LogP contribution in [-0.4, -0.2) is 74.2 Å². The molecule has 0 unspecified atom stereocenters. The Kier molecular flexibility index (Phi) is 8.30. The topological polar surface area (TPSA) is 66.9 Å². The summed E-state index contributed by atoms with van der Waals surface area (Å²) in [5.74, 6) is 1.36. The molecule has 0 atom stereocenters. The molecule has 34 heavy (non-hydrogen) atoms. The van der Waals surface area contributed by atoms with Crippen molar-refractivity contribution in [2.45, 2.75) is 0 Å². The van der Waals surface area contributed by atoms with Crippen molar-refractivity contribution < 1.29 is 14.3 Å². The SMILES string of the molecule is COc1ccc(-c2csc(NC(=O)CN3CCN(C/C=C/c4ccccc4)CC3)n2)c(OC)c1. The van der Waals surface area contributed by atoms with Crippen LogP contribution in [0.1, 0.15) is 5.56 Å². The average molecular weight is 479 g/mol. The minimum Gasteiger partial charge on any atom is -0.497 e. The molecular weight excluding hydrogens is 448 g/mol. The first-order valence-electron chi connectivity index (χ1n) is 11.3. The Morgan fingerprint density at radius 3 is 2.56 bits per heavy atom. The number of hydrogen-bond donors (Lipinski definition) is 1. The molecule has 4 rings (SSSR count). The van der Waals surface area contributed by atoms with E-state index in [4.69, 9.17) is 9.47 Å². The van der Waals surface area contributed by atoms with Crippen LogP contribution in [0.15, 0.2) is 60.0 Å². The van der Waals surface area contributed by atoms with Crippen molar-refractivity contribution in [1.82, 2.24) is 14.8 Å². The van der Waals surface area contributed by atoms with Crippen LogP contribution in [0.25, 0.3) is 17.3 Å². The number of methoxy groups -OCH3 is 2. The third kappa shape index (κ3) is 6.44. The molecule has 1 saturated heterocycles. The Morgan fingerprint density at radius 2 is 1.82 bits per heavy atom. The van der Waals surface area contributed by atoms with Gasteiger partial charge in [-0.15, -0.1) is 11.3 Å². The van der Waals surface area contributed by atoms with Crippen molar-refractivity contribution in [3.63, 3.8) is 0 Å². The number of piperazine rings is 1. The van der Waals surface area contributed by atoms with E-state index in [2.05, 4.69) is 44.4 Å². The van der Waals surface area contributed by atoms with E-state index in [1.807, 2.05) is 41.8 Å². The van der Waals surface area contributed by atoms with Crippen LogP contribution in [0.2, 0.25) is 0 Å². The Labute approximate surface area is 204 Å². The molecule has 2 heterocycles. The third-order valence-corrected chi connectivity index (χ3v) is 6.50. The van der Waals surface area contributed by atoms with Gasteiger partial charge in [-0.25, -0.2) is 4.98 Å². The van der Waals surface area contributed by atoms with E-state index in [1.165, 1.54) is 16.9 Å². The highest BCUT2D eigenvalue weighted by Crippen LogP contribution is 2.34. The second kappa shape index (κ2) is 11.8. The quantitative estimate of drug-likeness (QED) is 0.500.